The summed E-state index contributed by atoms with van der Waals surface area (Å²) >= 11 is 0. The number of benzene rings is 3. The minimum Gasteiger partial charge on any atom is -0.496 e. The Balaban J connectivity index is 1.76. The molecule has 0 aliphatic heterocycles. The second-order valence-electron chi connectivity index (χ2n) is 5.85. The summed E-state index contributed by atoms with van der Waals surface area (Å²) in [6.45, 7) is 0.151. The number of halogens is 1. The first kappa shape index (κ1) is 18.4. The van der Waals surface area contributed by atoms with Gasteiger partial charge in [0.25, 0.3) is 0 Å². The van der Waals surface area contributed by atoms with E-state index in [1.54, 1.807) is 49.6 Å². The van der Waals surface area contributed by atoms with Crippen molar-refractivity contribution >= 4 is 11.9 Å². The molecule has 136 valence electrons. The molecule has 0 saturated heterocycles. The fraction of sp³-hybridized carbons (Fsp3) is 0.0870. The minimum atomic E-state index is -0.416. The van der Waals surface area contributed by atoms with Crippen LogP contribution in [0.4, 0.5) is 4.39 Å². The van der Waals surface area contributed by atoms with E-state index in [4.69, 9.17) is 9.47 Å². The van der Waals surface area contributed by atoms with Gasteiger partial charge in [-0.2, -0.15) is 0 Å². The van der Waals surface area contributed by atoms with Gasteiger partial charge in [-0.3, -0.25) is 4.79 Å². The third-order valence-electron chi connectivity index (χ3n) is 4.01. The molecule has 0 spiro atoms. The molecule has 0 heterocycles. The summed E-state index contributed by atoms with van der Waals surface area (Å²) in [7, 11) is 1.57. The summed E-state index contributed by atoms with van der Waals surface area (Å²) in [6.07, 6.45) is 3.26. The molecule has 0 aliphatic rings. The molecular formula is C23H19FO3. The van der Waals surface area contributed by atoms with Gasteiger partial charge in [0, 0.05) is 11.1 Å². The highest BCUT2D eigenvalue weighted by Crippen LogP contribution is 2.24. The average molecular weight is 362 g/mol. The molecule has 4 heteroatoms. The summed E-state index contributed by atoms with van der Waals surface area (Å²) in [5.41, 5.74) is 2.22. The topological polar surface area (TPSA) is 35.5 Å². The molecule has 27 heavy (non-hydrogen) atoms. The van der Waals surface area contributed by atoms with Crippen molar-refractivity contribution in [3.63, 3.8) is 0 Å². The predicted octanol–water partition coefficient (Wildman–Crippen LogP) is 5.31. The summed E-state index contributed by atoms with van der Waals surface area (Å²) in [5.74, 6) is 0.328. The van der Waals surface area contributed by atoms with Gasteiger partial charge >= 0.3 is 0 Å². The van der Waals surface area contributed by atoms with Crippen molar-refractivity contribution in [3.8, 4) is 11.5 Å². The van der Waals surface area contributed by atoms with Crippen LogP contribution in [0.5, 0.6) is 11.5 Å². The molecule has 0 fully saturated rings. The Hall–Kier alpha value is -3.40. The zero-order chi connectivity index (χ0) is 19.1. The first-order valence-electron chi connectivity index (χ1n) is 8.49. The van der Waals surface area contributed by atoms with Crippen LogP contribution in [0.15, 0.2) is 78.9 Å². The number of carbonyl (C=O) groups is 1. The van der Waals surface area contributed by atoms with E-state index in [1.807, 2.05) is 30.3 Å². The van der Waals surface area contributed by atoms with Gasteiger partial charge in [-0.25, -0.2) is 4.39 Å². The quantitative estimate of drug-likeness (QED) is 0.422. The van der Waals surface area contributed by atoms with E-state index in [0.717, 1.165) is 11.1 Å². The van der Waals surface area contributed by atoms with E-state index < -0.39 is 5.82 Å². The van der Waals surface area contributed by atoms with Gasteiger partial charge in [-0.05, 0) is 35.9 Å². The molecule has 3 nitrogen and oxygen atoms in total. The second kappa shape index (κ2) is 8.81. The van der Waals surface area contributed by atoms with E-state index >= 15 is 0 Å². The van der Waals surface area contributed by atoms with Crippen LogP contribution in [0.1, 0.15) is 21.5 Å². The highest BCUT2D eigenvalue weighted by molar-refractivity contribution is 6.06. The van der Waals surface area contributed by atoms with E-state index in [-0.39, 0.29) is 18.1 Å². The van der Waals surface area contributed by atoms with Gasteiger partial charge < -0.3 is 9.47 Å². The monoisotopic (exact) mass is 362 g/mol. The molecule has 3 rings (SSSR count). The molecule has 3 aromatic rings. The smallest absolute Gasteiger partial charge is 0.185 e. The summed E-state index contributed by atoms with van der Waals surface area (Å²) in [6, 6.07) is 20.8. The molecule has 0 aliphatic carbocycles. The van der Waals surface area contributed by atoms with Crippen LogP contribution in [0.2, 0.25) is 0 Å². The number of para-hydroxylation sites is 1. The van der Waals surface area contributed by atoms with Gasteiger partial charge in [0.05, 0.1) is 7.11 Å². The number of ketones is 1. The van der Waals surface area contributed by atoms with Gasteiger partial charge in [0.15, 0.2) is 17.3 Å². The van der Waals surface area contributed by atoms with Gasteiger partial charge in [0.2, 0.25) is 0 Å². The van der Waals surface area contributed by atoms with Crippen LogP contribution >= 0.6 is 0 Å². The van der Waals surface area contributed by atoms with Gasteiger partial charge in [-0.1, -0.05) is 54.6 Å². The third kappa shape index (κ3) is 4.82. The Morgan fingerprint density at radius 3 is 2.44 bits per heavy atom. The molecule has 0 unspecified atom stereocenters. The Morgan fingerprint density at radius 1 is 0.963 bits per heavy atom. The van der Waals surface area contributed by atoms with Crippen molar-refractivity contribution in [1.29, 1.82) is 0 Å². The first-order chi connectivity index (χ1) is 13.2. The fourth-order valence-corrected chi connectivity index (χ4v) is 2.60. The minimum absolute atomic E-state index is 0.0735. The molecule has 0 N–H and O–H groups in total. The predicted molar refractivity (Wildman–Crippen MR) is 104 cm³/mol. The Labute approximate surface area is 157 Å². The lowest BCUT2D eigenvalue weighted by Crippen LogP contribution is -2.00. The van der Waals surface area contributed by atoms with E-state index in [2.05, 4.69) is 0 Å². The molecule has 0 bridgehead atoms. The Morgan fingerprint density at radius 2 is 1.70 bits per heavy atom. The van der Waals surface area contributed by atoms with E-state index in [0.29, 0.717) is 11.3 Å². The fourth-order valence-electron chi connectivity index (χ4n) is 2.60. The number of methoxy groups -OCH3 is 1. The zero-order valence-corrected chi connectivity index (χ0v) is 14.9. The normalized spacial score (nSPS) is 10.7. The lowest BCUT2D eigenvalue weighted by atomic mass is 10.1. The largest absolute Gasteiger partial charge is 0.496 e. The maximum Gasteiger partial charge on any atom is 0.185 e. The lowest BCUT2D eigenvalue weighted by Gasteiger charge is -2.11. The van der Waals surface area contributed by atoms with E-state index in [9.17, 15) is 9.18 Å². The van der Waals surface area contributed by atoms with Crippen molar-refractivity contribution in [3.05, 3.63) is 101 Å². The summed E-state index contributed by atoms with van der Waals surface area (Å²) < 4.78 is 24.6. The van der Waals surface area contributed by atoms with Crippen LogP contribution in [0, 0.1) is 5.82 Å². The van der Waals surface area contributed by atoms with Crippen molar-refractivity contribution in [2.24, 2.45) is 0 Å². The standard InChI is InChI=1S/C23H19FO3/c1-26-22-14-12-17(11-13-21(25)18-7-3-2-4-8-18)15-19(22)16-27-23-10-6-5-9-20(23)24/h2-15H,16H2,1H3/b13-11+. The van der Waals surface area contributed by atoms with Crippen molar-refractivity contribution in [2.75, 3.05) is 7.11 Å². The highest BCUT2D eigenvalue weighted by Gasteiger charge is 2.08. The van der Waals surface area contributed by atoms with Crippen LogP contribution < -0.4 is 9.47 Å². The van der Waals surface area contributed by atoms with Crippen LogP contribution in [0.25, 0.3) is 6.08 Å². The molecule has 3 aromatic carbocycles. The molecular weight excluding hydrogens is 343 g/mol. The number of carbonyl (C=O) groups excluding carboxylic acids is 1. The average Bonchev–Trinajstić information content (AvgIpc) is 2.72. The highest BCUT2D eigenvalue weighted by atomic mass is 19.1. The van der Waals surface area contributed by atoms with Crippen molar-refractivity contribution in [1.82, 2.24) is 0 Å². The van der Waals surface area contributed by atoms with E-state index in [1.165, 1.54) is 12.1 Å². The number of allylic oxidation sites excluding steroid dienone is 1. The second-order valence-corrected chi connectivity index (χ2v) is 5.85. The zero-order valence-electron chi connectivity index (χ0n) is 14.9. The number of hydrogen-bond acceptors (Lipinski definition) is 3. The van der Waals surface area contributed by atoms with Crippen molar-refractivity contribution in [2.45, 2.75) is 6.61 Å². The maximum atomic E-state index is 13.7. The Kier molecular flexibility index (Phi) is 6.00. The van der Waals surface area contributed by atoms with Crippen LogP contribution in [-0.2, 0) is 6.61 Å². The third-order valence-corrected chi connectivity index (χ3v) is 4.01. The number of rotatable bonds is 7. The van der Waals surface area contributed by atoms with Crippen LogP contribution in [0.3, 0.4) is 0 Å². The lowest BCUT2D eigenvalue weighted by molar-refractivity contribution is 0.104. The number of hydrogen-bond donors (Lipinski definition) is 0. The summed E-state index contributed by atoms with van der Waals surface area (Å²) in [4.78, 5) is 12.2. The van der Waals surface area contributed by atoms with Gasteiger partial charge in [-0.15, -0.1) is 0 Å². The van der Waals surface area contributed by atoms with Crippen molar-refractivity contribution < 1.29 is 18.7 Å². The maximum absolute atomic E-state index is 13.7. The number of ether oxygens (including phenoxy) is 2. The summed E-state index contributed by atoms with van der Waals surface area (Å²) in [5, 5.41) is 0. The molecule has 0 saturated carbocycles. The first-order valence-corrected chi connectivity index (χ1v) is 8.49. The molecule has 0 atom stereocenters. The SMILES string of the molecule is COc1ccc(/C=C/C(=O)c2ccccc2)cc1COc1ccccc1F. The Bertz CT molecular complexity index is 949. The molecule has 0 aromatic heterocycles. The molecule has 0 amide bonds. The molecule has 0 radical (unpaired) electrons. The van der Waals surface area contributed by atoms with Gasteiger partial charge in [0.1, 0.15) is 12.4 Å². The van der Waals surface area contributed by atoms with Crippen LogP contribution in [-0.4, -0.2) is 12.9 Å².